The van der Waals surface area contributed by atoms with Gasteiger partial charge in [-0.3, -0.25) is 8.98 Å². The fourth-order valence-corrected chi connectivity index (χ4v) is 2.36. The third-order valence-corrected chi connectivity index (χ3v) is 4.59. The molecule has 0 aromatic rings. The summed E-state index contributed by atoms with van der Waals surface area (Å²) in [5.74, 6) is -0.194. The minimum Gasteiger partial charge on any atom is -0.299 e. The van der Waals surface area contributed by atoms with Crippen LogP contribution in [0.15, 0.2) is 20.3 Å². The van der Waals surface area contributed by atoms with Gasteiger partial charge >= 0.3 is 0 Å². The molecule has 0 bridgehead atoms. The predicted octanol–water partition coefficient (Wildman–Crippen LogP) is 2.46. The molecule has 0 saturated carbocycles. The molecular formula is C8H10O2S4. The van der Waals surface area contributed by atoms with Crippen LogP contribution in [0.1, 0.15) is 13.8 Å². The Balaban J connectivity index is 3.41. The Morgan fingerprint density at radius 1 is 1.21 bits per heavy atom. The van der Waals surface area contributed by atoms with Gasteiger partial charge in [0.25, 0.3) is 0 Å². The Hall–Kier alpha value is 0.510. The van der Waals surface area contributed by atoms with Gasteiger partial charge in [0.05, 0.1) is 0 Å². The number of thiol groups is 4. The van der Waals surface area contributed by atoms with Crippen molar-refractivity contribution in [2.45, 2.75) is 19.4 Å². The van der Waals surface area contributed by atoms with Crippen LogP contribution >= 0.6 is 50.8 Å². The van der Waals surface area contributed by atoms with Gasteiger partial charge in [-0.25, -0.2) is 0 Å². The number of carbonyl (C=O) groups is 1. The van der Waals surface area contributed by atoms with Crippen LogP contribution in [0, 0.1) is 0 Å². The lowest BCUT2D eigenvalue weighted by Crippen LogP contribution is -2.40. The summed E-state index contributed by atoms with van der Waals surface area (Å²) in [6, 6.07) is 0. The van der Waals surface area contributed by atoms with Crippen LogP contribution in [0.2, 0.25) is 0 Å². The first kappa shape index (κ1) is 12.6. The molecule has 0 saturated heterocycles. The highest BCUT2D eigenvalue weighted by Crippen LogP contribution is 2.42. The van der Waals surface area contributed by atoms with E-state index in [9.17, 15) is 4.79 Å². The van der Waals surface area contributed by atoms with Crippen molar-refractivity contribution in [1.29, 1.82) is 0 Å². The molecule has 0 N–H and O–H groups in total. The second-order valence-electron chi connectivity index (χ2n) is 3.12. The fourth-order valence-electron chi connectivity index (χ4n) is 1.17. The molecule has 14 heavy (non-hydrogen) atoms. The molecule has 1 rings (SSSR count). The standard InChI is InChI=1S/C8H10O2S4/c1-3-4(11)5(12)7(13)8(2,10-14)6(3)9/h11-14H,1-2H3. The molecule has 0 aromatic heterocycles. The highest BCUT2D eigenvalue weighted by Gasteiger charge is 2.42. The maximum Gasteiger partial charge on any atom is 0.197 e. The quantitative estimate of drug-likeness (QED) is 0.433. The first-order chi connectivity index (χ1) is 6.36. The number of rotatable bonds is 1. The van der Waals surface area contributed by atoms with Crippen molar-refractivity contribution >= 4 is 56.6 Å². The van der Waals surface area contributed by atoms with E-state index in [1.807, 2.05) is 0 Å². The van der Waals surface area contributed by atoms with Crippen LogP contribution in [0.4, 0.5) is 0 Å². The Bertz CT molecular complexity index is 358. The average molecular weight is 266 g/mol. The largest absolute Gasteiger partial charge is 0.299 e. The van der Waals surface area contributed by atoms with E-state index in [-0.39, 0.29) is 5.78 Å². The Morgan fingerprint density at radius 2 is 1.71 bits per heavy atom. The summed E-state index contributed by atoms with van der Waals surface area (Å²) in [6.45, 7) is 3.27. The number of carbonyl (C=O) groups excluding carboxylic acids is 1. The van der Waals surface area contributed by atoms with E-state index in [4.69, 9.17) is 4.18 Å². The zero-order chi connectivity index (χ0) is 11.1. The van der Waals surface area contributed by atoms with E-state index in [1.165, 1.54) is 0 Å². The third-order valence-electron chi connectivity index (χ3n) is 2.21. The third kappa shape index (κ3) is 1.67. The molecule has 1 atom stereocenters. The molecule has 0 spiro atoms. The monoisotopic (exact) mass is 266 g/mol. The molecule has 6 heteroatoms. The number of Topliss-reactive ketones (excluding diaryl/α,β-unsaturated/α-hetero) is 1. The molecular weight excluding hydrogens is 256 g/mol. The smallest absolute Gasteiger partial charge is 0.197 e. The summed E-state index contributed by atoms with van der Waals surface area (Å²) in [4.78, 5) is 13.4. The predicted molar refractivity (Wildman–Crippen MR) is 70.2 cm³/mol. The Labute approximate surface area is 105 Å². The van der Waals surface area contributed by atoms with E-state index < -0.39 is 5.60 Å². The van der Waals surface area contributed by atoms with E-state index in [0.717, 1.165) is 0 Å². The molecule has 0 amide bonds. The van der Waals surface area contributed by atoms with E-state index in [0.29, 0.717) is 20.3 Å². The highest BCUT2D eigenvalue weighted by molar-refractivity contribution is 7.92. The maximum absolute atomic E-state index is 11.8. The van der Waals surface area contributed by atoms with Crippen molar-refractivity contribution in [1.82, 2.24) is 0 Å². The zero-order valence-corrected chi connectivity index (χ0v) is 11.2. The molecule has 0 radical (unpaired) electrons. The second-order valence-corrected chi connectivity index (χ2v) is 4.65. The van der Waals surface area contributed by atoms with Crippen LogP contribution in [0.5, 0.6) is 0 Å². The lowest BCUT2D eigenvalue weighted by molar-refractivity contribution is -0.125. The Kier molecular flexibility index (Phi) is 3.75. The SMILES string of the molecule is CC1=C(S)C(S)=C(S)C(C)(OS)C1=O. The number of ketones is 1. The van der Waals surface area contributed by atoms with Crippen LogP contribution in [0.3, 0.4) is 0 Å². The van der Waals surface area contributed by atoms with Crippen molar-refractivity contribution in [3.63, 3.8) is 0 Å². The van der Waals surface area contributed by atoms with Crippen molar-refractivity contribution < 1.29 is 8.98 Å². The van der Waals surface area contributed by atoms with Gasteiger partial charge < -0.3 is 0 Å². The van der Waals surface area contributed by atoms with Crippen molar-refractivity contribution in [2.75, 3.05) is 0 Å². The van der Waals surface area contributed by atoms with Gasteiger partial charge in [0, 0.05) is 20.3 Å². The van der Waals surface area contributed by atoms with Crippen LogP contribution < -0.4 is 0 Å². The summed E-state index contributed by atoms with van der Waals surface area (Å²) in [6.07, 6.45) is 0. The fraction of sp³-hybridized carbons (Fsp3) is 0.375. The first-order valence-electron chi connectivity index (χ1n) is 3.76. The Morgan fingerprint density at radius 3 is 2.14 bits per heavy atom. The molecule has 2 nitrogen and oxygen atoms in total. The van der Waals surface area contributed by atoms with Gasteiger partial charge in [-0.1, -0.05) is 0 Å². The summed E-state index contributed by atoms with van der Waals surface area (Å²) in [5.41, 5.74) is -0.646. The zero-order valence-electron chi connectivity index (χ0n) is 7.61. The summed E-state index contributed by atoms with van der Waals surface area (Å²) >= 11 is 16.3. The van der Waals surface area contributed by atoms with Crippen LogP contribution in [-0.4, -0.2) is 11.4 Å². The molecule has 1 unspecified atom stereocenters. The van der Waals surface area contributed by atoms with Crippen LogP contribution in [-0.2, 0) is 8.98 Å². The topological polar surface area (TPSA) is 26.3 Å². The second kappa shape index (κ2) is 4.17. The lowest BCUT2D eigenvalue weighted by Gasteiger charge is -2.31. The maximum atomic E-state index is 11.8. The van der Waals surface area contributed by atoms with E-state index >= 15 is 0 Å². The van der Waals surface area contributed by atoms with Crippen molar-refractivity contribution in [2.24, 2.45) is 0 Å². The van der Waals surface area contributed by atoms with E-state index in [2.05, 4.69) is 50.8 Å². The molecule has 78 valence electrons. The first-order valence-corrected chi connectivity index (χ1v) is 5.47. The minimum atomic E-state index is -1.15. The highest BCUT2D eigenvalue weighted by atomic mass is 32.1. The van der Waals surface area contributed by atoms with Gasteiger partial charge in [-0.05, 0) is 26.8 Å². The normalized spacial score (nSPS) is 28.9. The molecule has 1 aliphatic rings. The number of hydrogen-bond donors (Lipinski definition) is 4. The van der Waals surface area contributed by atoms with Gasteiger partial charge in [0.15, 0.2) is 11.4 Å². The van der Waals surface area contributed by atoms with E-state index in [1.54, 1.807) is 13.8 Å². The molecule has 0 aromatic carbocycles. The summed E-state index contributed by atoms with van der Waals surface area (Å²) < 4.78 is 4.89. The van der Waals surface area contributed by atoms with Gasteiger partial charge in [-0.15, -0.1) is 37.9 Å². The molecule has 1 aliphatic carbocycles. The molecule has 0 aliphatic heterocycles. The molecule has 0 fully saturated rings. The van der Waals surface area contributed by atoms with Gasteiger partial charge in [-0.2, -0.15) is 0 Å². The molecule has 0 heterocycles. The lowest BCUT2D eigenvalue weighted by atomic mass is 9.90. The minimum absolute atomic E-state index is 0.194. The average Bonchev–Trinajstić information content (AvgIpc) is 2.21. The van der Waals surface area contributed by atoms with Gasteiger partial charge in [0.2, 0.25) is 0 Å². The summed E-state index contributed by atoms with van der Waals surface area (Å²) in [7, 11) is 0. The number of hydrogen-bond acceptors (Lipinski definition) is 6. The van der Waals surface area contributed by atoms with Crippen molar-refractivity contribution in [3.05, 3.63) is 20.3 Å². The summed E-state index contributed by atoms with van der Waals surface area (Å²) in [5, 5.41) is 0. The van der Waals surface area contributed by atoms with Crippen LogP contribution in [0.25, 0.3) is 0 Å². The van der Waals surface area contributed by atoms with Crippen molar-refractivity contribution in [3.8, 4) is 0 Å². The van der Waals surface area contributed by atoms with Gasteiger partial charge in [0.1, 0.15) is 0 Å².